The normalized spacial score (nSPS) is 10.8. The summed E-state index contributed by atoms with van der Waals surface area (Å²) in [6.45, 7) is 4.37. The van der Waals surface area contributed by atoms with Gasteiger partial charge in [0.1, 0.15) is 18.9 Å². The van der Waals surface area contributed by atoms with Crippen LogP contribution in [-0.2, 0) is 18.0 Å². The fourth-order valence-electron chi connectivity index (χ4n) is 1.72. The Morgan fingerprint density at radius 1 is 1.28 bits per heavy atom. The van der Waals surface area contributed by atoms with Crippen LogP contribution in [0.3, 0.4) is 0 Å². The van der Waals surface area contributed by atoms with E-state index < -0.39 is 0 Å². The first kappa shape index (κ1) is 13.1. The molecule has 2 rings (SSSR count). The van der Waals surface area contributed by atoms with E-state index in [-0.39, 0.29) is 0 Å². The maximum atomic E-state index is 5.86. The van der Waals surface area contributed by atoms with Gasteiger partial charge in [0.25, 0.3) is 0 Å². The van der Waals surface area contributed by atoms with Crippen molar-refractivity contribution in [3.63, 3.8) is 0 Å². The Hall–Kier alpha value is -1.32. The largest absolute Gasteiger partial charge is 0.342 e. The SMILES string of the molecule is CCCOCn1cc[n+](Cc2ccc(Cl)cc2)c1. The van der Waals surface area contributed by atoms with Crippen molar-refractivity contribution in [2.45, 2.75) is 26.6 Å². The molecule has 0 fully saturated rings. The standard InChI is InChI=1S/C14H18ClN2O/c1-2-9-18-12-17-8-7-16(11-17)10-13-3-5-14(15)6-4-13/h3-8,11H,2,9-10,12H2,1H3/q+1. The van der Waals surface area contributed by atoms with Crippen LogP contribution in [0.15, 0.2) is 43.0 Å². The number of imidazole rings is 1. The van der Waals surface area contributed by atoms with E-state index in [9.17, 15) is 0 Å². The van der Waals surface area contributed by atoms with E-state index in [0.29, 0.717) is 6.73 Å². The van der Waals surface area contributed by atoms with Gasteiger partial charge in [-0.2, -0.15) is 0 Å². The van der Waals surface area contributed by atoms with E-state index in [2.05, 4.69) is 11.5 Å². The van der Waals surface area contributed by atoms with Gasteiger partial charge in [-0.05, 0) is 24.1 Å². The summed E-state index contributed by atoms with van der Waals surface area (Å²) in [6.07, 6.45) is 7.16. The molecule has 0 saturated heterocycles. The Morgan fingerprint density at radius 3 is 2.78 bits per heavy atom. The van der Waals surface area contributed by atoms with Gasteiger partial charge in [0.2, 0.25) is 6.33 Å². The molecule has 0 bridgehead atoms. The van der Waals surface area contributed by atoms with Gasteiger partial charge in [-0.1, -0.05) is 30.7 Å². The Labute approximate surface area is 113 Å². The van der Waals surface area contributed by atoms with Crippen molar-refractivity contribution in [1.82, 2.24) is 4.57 Å². The average molecular weight is 266 g/mol. The minimum absolute atomic E-state index is 0.613. The zero-order valence-corrected chi connectivity index (χ0v) is 11.3. The number of nitrogens with zero attached hydrogens (tertiary/aromatic N) is 2. The second-order valence-corrected chi connectivity index (χ2v) is 4.70. The van der Waals surface area contributed by atoms with Gasteiger partial charge in [-0.3, -0.25) is 0 Å². The summed E-state index contributed by atoms with van der Waals surface area (Å²) in [5.41, 5.74) is 1.23. The van der Waals surface area contributed by atoms with Gasteiger partial charge < -0.3 is 4.74 Å². The Kier molecular flexibility index (Phi) is 4.79. The first-order chi connectivity index (χ1) is 8.78. The summed E-state index contributed by atoms with van der Waals surface area (Å²) < 4.78 is 9.64. The molecule has 0 N–H and O–H groups in total. The number of rotatable bonds is 6. The van der Waals surface area contributed by atoms with Crippen molar-refractivity contribution < 1.29 is 9.30 Å². The van der Waals surface area contributed by atoms with Crippen molar-refractivity contribution >= 4 is 11.6 Å². The summed E-state index contributed by atoms with van der Waals surface area (Å²) in [6, 6.07) is 7.91. The van der Waals surface area contributed by atoms with E-state index in [1.807, 2.05) is 47.6 Å². The van der Waals surface area contributed by atoms with Gasteiger partial charge in [0.15, 0.2) is 6.73 Å². The third kappa shape index (κ3) is 3.86. The van der Waals surface area contributed by atoms with Crippen LogP contribution >= 0.6 is 11.6 Å². The lowest BCUT2D eigenvalue weighted by Gasteiger charge is -1.99. The molecule has 96 valence electrons. The van der Waals surface area contributed by atoms with Crippen LogP contribution in [0, 0.1) is 0 Å². The molecule has 0 aliphatic rings. The lowest BCUT2D eigenvalue weighted by Crippen LogP contribution is -2.31. The fourth-order valence-corrected chi connectivity index (χ4v) is 1.85. The van der Waals surface area contributed by atoms with E-state index in [0.717, 1.165) is 24.6 Å². The number of hydrogen-bond acceptors (Lipinski definition) is 1. The second kappa shape index (κ2) is 6.57. The van der Waals surface area contributed by atoms with Crippen molar-refractivity contribution in [1.29, 1.82) is 0 Å². The maximum Gasteiger partial charge on any atom is 0.245 e. The van der Waals surface area contributed by atoms with Crippen LogP contribution in [0.1, 0.15) is 18.9 Å². The molecule has 0 saturated carbocycles. The molecule has 0 aliphatic heterocycles. The fraction of sp³-hybridized carbons (Fsp3) is 0.357. The molecule has 1 aromatic heterocycles. The average Bonchev–Trinajstić information content (AvgIpc) is 2.80. The monoisotopic (exact) mass is 265 g/mol. The van der Waals surface area contributed by atoms with Crippen molar-refractivity contribution in [2.24, 2.45) is 0 Å². The molecule has 1 heterocycles. The van der Waals surface area contributed by atoms with Crippen LogP contribution in [0.2, 0.25) is 5.02 Å². The van der Waals surface area contributed by atoms with E-state index in [4.69, 9.17) is 16.3 Å². The second-order valence-electron chi connectivity index (χ2n) is 4.26. The van der Waals surface area contributed by atoms with E-state index in [1.54, 1.807) is 0 Å². The van der Waals surface area contributed by atoms with Gasteiger partial charge in [0.05, 0.1) is 6.61 Å². The number of ether oxygens (including phenoxy) is 1. The van der Waals surface area contributed by atoms with Crippen molar-refractivity contribution in [3.05, 3.63) is 53.6 Å². The van der Waals surface area contributed by atoms with E-state index in [1.165, 1.54) is 5.56 Å². The number of benzene rings is 1. The van der Waals surface area contributed by atoms with E-state index >= 15 is 0 Å². The number of halogens is 1. The molecule has 18 heavy (non-hydrogen) atoms. The minimum atomic E-state index is 0.613. The third-order valence-corrected chi connectivity index (χ3v) is 2.87. The number of hydrogen-bond donors (Lipinski definition) is 0. The lowest BCUT2D eigenvalue weighted by molar-refractivity contribution is -0.688. The topological polar surface area (TPSA) is 18.0 Å². The summed E-state index contributed by atoms with van der Waals surface area (Å²) in [4.78, 5) is 0. The molecular weight excluding hydrogens is 248 g/mol. The molecule has 3 nitrogen and oxygen atoms in total. The first-order valence-electron chi connectivity index (χ1n) is 6.15. The van der Waals surface area contributed by atoms with Crippen LogP contribution in [-0.4, -0.2) is 11.2 Å². The molecule has 4 heteroatoms. The Bertz CT molecular complexity index is 479. The highest BCUT2D eigenvalue weighted by Gasteiger charge is 2.04. The lowest BCUT2D eigenvalue weighted by atomic mass is 10.2. The van der Waals surface area contributed by atoms with Crippen LogP contribution in [0.25, 0.3) is 0 Å². The highest BCUT2D eigenvalue weighted by molar-refractivity contribution is 6.30. The maximum absolute atomic E-state index is 5.86. The first-order valence-corrected chi connectivity index (χ1v) is 6.52. The molecule has 1 aromatic carbocycles. The molecule has 0 unspecified atom stereocenters. The van der Waals surface area contributed by atoms with Crippen molar-refractivity contribution in [2.75, 3.05) is 6.61 Å². The van der Waals surface area contributed by atoms with Gasteiger partial charge in [0, 0.05) is 5.02 Å². The van der Waals surface area contributed by atoms with Gasteiger partial charge in [-0.15, -0.1) is 0 Å². The quantitative estimate of drug-likeness (QED) is 0.580. The van der Waals surface area contributed by atoms with Crippen LogP contribution in [0.4, 0.5) is 0 Å². The molecule has 0 spiro atoms. The summed E-state index contributed by atoms with van der Waals surface area (Å²) >= 11 is 5.86. The summed E-state index contributed by atoms with van der Waals surface area (Å²) in [5, 5.41) is 0.772. The van der Waals surface area contributed by atoms with Crippen LogP contribution in [0.5, 0.6) is 0 Å². The minimum Gasteiger partial charge on any atom is -0.342 e. The molecule has 0 amide bonds. The Morgan fingerprint density at radius 2 is 2.06 bits per heavy atom. The zero-order valence-electron chi connectivity index (χ0n) is 10.6. The zero-order chi connectivity index (χ0) is 12.8. The molecule has 0 aliphatic carbocycles. The molecule has 0 radical (unpaired) electrons. The predicted molar refractivity (Wildman–Crippen MR) is 71.4 cm³/mol. The van der Waals surface area contributed by atoms with Gasteiger partial charge >= 0.3 is 0 Å². The highest BCUT2D eigenvalue weighted by Crippen LogP contribution is 2.09. The molecule has 0 atom stereocenters. The third-order valence-electron chi connectivity index (χ3n) is 2.61. The predicted octanol–water partition coefficient (Wildman–Crippen LogP) is 2.86. The molecular formula is C14H18ClN2O+. The smallest absolute Gasteiger partial charge is 0.245 e. The number of aromatic nitrogens is 2. The van der Waals surface area contributed by atoms with Gasteiger partial charge in [-0.25, -0.2) is 9.13 Å². The highest BCUT2D eigenvalue weighted by atomic mass is 35.5. The van der Waals surface area contributed by atoms with Crippen LogP contribution < -0.4 is 4.57 Å². The van der Waals surface area contributed by atoms with Crippen molar-refractivity contribution in [3.8, 4) is 0 Å². The summed E-state index contributed by atoms with van der Waals surface area (Å²) in [5.74, 6) is 0. The molecule has 2 aromatic rings. The Balaban J connectivity index is 1.91. The summed E-state index contributed by atoms with van der Waals surface area (Å²) in [7, 11) is 0.